The zero-order valence-corrected chi connectivity index (χ0v) is 6.39. The summed E-state index contributed by atoms with van der Waals surface area (Å²) in [4.78, 5) is 2.14. The van der Waals surface area contributed by atoms with Crippen LogP contribution in [-0.2, 0) is 5.11 Å². The Balaban J connectivity index is 2.75. The minimum atomic E-state index is 0.0907. The van der Waals surface area contributed by atoms with E-state index in [0.717, 1.165) is 25.8 Å². The van der Waals surface area contributed by atoms with Crippen molar-refractivity contribution in [3.63, 3.8) is 0 Å². The van der Waals surface area contributed by atoms with E-state index >= 15 is 0 Å². The Morgan fingerprint density at radius 2 is 1.78 bits per heavy atom. The highest BCUT2D eigenvalue weighted by atomic mass is 16.2. The van der Waals surface area contributed by atoms with Gasteiger partial charge in [0.05, 0.1) is 6.61 Å². The lowest BCUT2D eigenvalue weighted by Gasteiger charge is -2.07. The van der Waals surface area contributed by atoms with Crippen LogP contribution in [0.4, 0.5) is 0 Å². The Morgan fingerprint density at radius 3 is 2.22 bits per heavy atom. The molecule has 0 amide bonds. The molecule has 0 aliphatic heterocycles. The van der Waals surface area contributed by atoms with Gasteiger partial charge in [-0.25, -0.2) is 5.11 Å². The molecule has 0 N–H and O–H groups in total. The zero-order chi connectivity index (χ0) is 7.11. The van der Waals surface area contributed by atoms with Gasteiger partial charge >= 0.3 is 0 Å². The highest BCUT2D eigenvalue weighted by Crippen LogP contribution is 1.94. The van der Waals surface area contributed by atoms with Crippen LogP contribution in [0, 0.1) is 0 Å². The molecule has 0 aromatic rings. The lowest BCUT2D eigenvalue weighted by atomic mass is 10.2. The van der Waals surface area contributed by atoms with E-state index in [1.165, 1.54) is 0 Å². The molecule has 2 heteroatoms. The van der Waals surface area contributed by atoms with Gasteiger partial charge in [-0.15, -0.1) is 0 Å². The molecule has 0 heterocycles. The highest BCUT2D eigenvalue weighted by molar-refractivity contribution is 4.44. The molecule has 0 aliphatic carbocycles. The summed E-state index contributed by atoms with van der Waals surface area (Å²) in [6, 6.07) is 0. The monoisotopic (exact) mass is 130 g/mol. The van der Waals surface area contributed by atoms with Crippen LogP contribution < -0.4 is 0 Å². The van der Waals surface area contributed by atoms with Crippen LogP contribution in [0.5, 0.6) is 0 Å². The van der Waals surface area contributed by atoms with Gasteiger partial charge in [-0.2, -0.15) is 0 Å². The summed E-state index contributed by atoms with van der Waals surface area (Å²) in [6.07, 6.45) is 3.09. The first-order valence-corrected chi connectivity index (χ1v) is 3.50. The molecule has 0 fully saturated rings. The molecule has 0 saturated carbocycles. The average Bonchev–Trinajstić information content (AvgIpc) is 1.80. The second kappa shape index (κ2) is 6.05. The maximum Gasteiger partial charge on any atom is 0.0822 e. The van der Waals surface area contributed by atoms with Gasteiger partial charge in [0.25, 0.3) is 0 Å². The quantitative estimate of drug-likeness (QED) is 0.512. The third-order valence-electron chi connectivity index (χ3n) is 1.25. The summed E-state index contributed by atoms with van der Waals surface area (Å²) in [5.74, 6) is 0. The smallest absolute Gasteiger partial charge is 0.0822 e. The van der Waals surface area contributed by atoms with Crippen molar-refractivity contribution in [2.75, 3.05) is 27.2 Å². The first kappa shape index (κ1) is 8.92. The number of nitrogens with zero attached hydrogens (tertiary/aromatic N) is 1. The molecule has 9 heavy (non-hydrogen) atoms. The molecular weight excluding hydrogens is 114 g/mol. The Labute approximate surface area is 57.5 Å². The first-order valence-electron chi connectivity index (χ1n) is 3.50. The Bertz CT molecular complexity index is 54.9. The van der Waals surface area contributed by atoms with Crippen LogP contribution in [0.15, 0.2) is 0 Å². The molecule has 0 saturated heterocycles. The lowest BCUT2D eigenvalue weighted by molar-refractivity contribution is 0.185. The van der Waals surface area contributed by atoms with E-state index in [-0.39, 0.29) is 6.61 Å². The van der Waals surface area contributed by atoms with Gasteiger partial charge in [0.2, 0.25) is 0 Å². The van der Waals surface area contributed by atoms with E-state index < -0.39 is 0 Å². The van der Waals surface area contributed by atoms with E-state index in [0.29, 0.717) is 0 Å². The fourth-order valence-electron chi connectivity index (χ4n) is 0.707. The van der Waals surface area contributed by atoms with Crippen LogP contribution >= 0.6 is 0 Å². The second-order valence-electron chi connectivity index (χ2n) is 2.57. The molecule has 55 valence electrons. The lowest BCUT2D eigenvalue weighted by Crippen LogP contribution is -2.12. The largest absolute Gasteiger partial charge is 0.309 e. The summed E-state index contributed by atoms with van der Waals surface area (Å²) < 4.78 is 0. The summed E-state index contributed by atoms with van der Waals surface area (Å²) in [7, 11) is 4.11. The molecule has 0 rings (SSSR count). The number of rotatable bonds is 5. The minimum Gasteiger partial charge on any atom is -0.309 e. The van der Waals surface area contributed by atoms with Crippen molar-refractivity contribution < 1.29 is 5.11 Å². The van der Waals surface area contributed by atoms with Crippen LogP contribution in [0.2, 0.25) is 0 Å². The standard InChI is InChI=1S/C7H16NO/c1-8(2)6-4-3-5-7-9/h3-7H2,1-2H3. The number of hydrogen-bond acceptors (Lipinski definition) is 1. The van der Waals surface area contributed by atoms with Crippen molar-refractivity contribution in [3.05, 3.63) is 0 Å². The van der Waals surface area contributed by atoms with Crippen LogP contribution in [0.1, 0.15) is 19.3 Å². The van der Waals surface area contributed by atoms with Crippen molar-refractivity contribution in [1.82, 2.24) is 4.90 Å². The van der Waals surface area contributed by atoms with Crippen molar-refractivity contribution in [2.45, 2.75) is 19.3 Å². The second-order valence-corrected chi connectivity index (χ2v) is 2.57. The Hall–Kier alpha value is -0.0800. The predicted molar refractivity (Wildman–Crippen MR) is 38.0 cm³/mol. The molecule has 0 aromatic heterocycles. The van der Waals surface area contributed by atoms with E-state index in [4.69, 9.17) is 0 Å². The molecule has 0 atom stereocenters. The fourth-order valence-corrected chi connectivity index (χ4v) is 0.707. The zero-order valence-electron chi connectivity index (χ0n) is 6.39. The van der Waals surface area contributed by atoms with Gasteiger partial charge < -0.3 is 4.90 Å². The number of unbranched alkanes of at least 4 members (excludes halogenated alkanes) is 2. The van der Waals surface area contributed by atoms with Gasteiger partial charge in [0.1, 0.15) is 0 Å². The SMILES string of the molecule is CN(C)CCCCC[O]. The van der Waals surface area contributed by atoms with Crippen LogP contribution in [0.25, 0.3) is 0 Å². The number of hydrogen-bond donors (Lipinski definition) is 0. The molecule has 0 aromatic carbocycles. The van der Waals surface area contributed by atoms with E-state index in [1.54, 1.807) is 0 Å². The molecule has 2 nitrogen and oxygen atoms in total. The third-order valence-corrected chi connectivity index (χ3v) is 1.25. The third kappa shape index (κ3) is 7.92. The van der Waals surface area contributed by atoms with Gasteiger partial charge in [0.15, 0.2) is 0 Å². The van der Waals surface area contributed by atoms with E-state index in [9.17, 15) is 5.11 Å². The molecule has 0 spiro atoms. The summed E-state index contributed by atoms with van der Waals surface area (Å²) >= 11 is 0. The minimum absolute atomic E-state index is 0.0907. The molecule has 1 radical (unpaired) electrons. The normalized spacial score (nSPS) is 10.7. The highest BCUT2D eigenvalue weighted by Gasteiger charge is 1.89. The van der Waals surface area contributed by atoms with Gasteiger partial charge in [0, 0.05) is 0 Å². The summed E-state index contributed by atoms with van der Waals surface area (Å²) in [6.45, 7) is 1.20. The summed E-state index contributed by atoms with van der Waals surface area (Å²) in [5.41, 5.74) is 0. The summed E-state index contributed by atoms with van der Waals surface area (Å²) in [5, 5.41) is 9.96. The Morgan fingerprint density at radius 1 is 1.11 bits per heavy atom. The molecule has 0 aliphatic rings. The van der Waals surface area contributed by atoms with Crippen molar-refractivity contribution in [3.8, 4) is 0 Å². The molecule has 0 bridgehead atoms. The fraction of sp³-hybridized carbons (Fsp3) is 1.00. The average molecular weight is 130 g/mol. The van der Waals surface area contributed by atoms with Crippen molar-refractivity contribution in [2.24, 2.45) is 0 Å². The van der Waals surface area contributed by atoms with Crippen LogP contribution in [0.3, 0.4) is 0 Å². The van der Waals surface area contributed by atoms with Crippen LogP contribution in [-0.4, -0.2) is 32.1 Å². The topological polar surface area (TPSA) is 23.1 Å². The van der Waals surface area contributed by atoms with Crippen molar-refractivity contribution in [1.29, 1.82) is 0 Å². The maximum absolute atomic E-state index is 9.96. The predicted octanol–water partition coefficient (Wildman–Crippen LogP) is 1.15. The van der Waals surface area contributed by atoms with E-state index in [1.807, 2.05) is 0 Å². The van der Waals surface area contributed by atoms with Crippen molar-refractivity contribution >= 4 is 0 Å². The maximum atomic E-state index is 9.96. The van der Waals surface area contributed by atoms with E-state index in [2.05, 4.69) is 19.0 Å². The Kier molecular flexibility index (Phi) is 5.99. The van der Waals surface area contributed by atoms with Gasteiger partial charge in [-0.3, -0.25) is 0 Å². The van der Waals surface area contributed by atoms with Gasteiger partial charge in [-0.1, -0.05) is 0 Å². The van der Waals surface area contributed by atoms with Gasteiger partial charge in [-0.05, 0) is 39.9 Å². The first-order chi connectivity index (χ1) is 4.27. The molecular formula is C7H16NO. The molecule has 0 unspecified atom stereocenters.